The first kappa shape index (κ1) is 68.6. The Morgan fingerprint density at radius 1 is 0.292 bits per heavy atom. The summed E-state index contributed by atoms with van der Waals surface area (Å²) >= 11 is 0. The highest BCUT2D eigenvalue weighted by molar-refractivity contribution is 5.71. The van der Waals surface area contributed by atoms with Crippen LogP contribution >= 0.6 is 0 Å². The van der Waals surface area contributed by atoms with Gasteiger partial charge in [0.05, 0.1) is 0 Å². The maximum atomic E-state index is 12.9. The van der Waals surface area contributed by atoms with Crippen molar-refractivity contribution in [2.24, 2.45) is 0 Å². The van der Waals surface area contributed by atoms with Crippen molar-refractivity contribution in [3.63, 3.8) is 0 Å². The minimum atomic E-state index is -0.790. The second kappa shape index (κ2) is 60.1. The van der Waals surface area contributed by atoms with Crippen LogP contribution in [-0.4, -0.2) is 37.2 Å². The van der Waals surface area contributed by atoms with E-state index in [9.17, 15) is 14.4 Å². The van der Waals surface area contributed by atoms with Crippen molar-refractivity contribution in [3.05, 3.63) is 85.1 Å². The van der Waals surface area contributed by atoms with Gasteiger partial charge in [-0.25, -0.2) is 0 Å². The second-order valence-electron chi connectivity index (χ2n) is 20.2. The van der Waals surface area contributed by atoms with E-state index in [1.165, 1.54) is 141 Å². The topological polar surface area (TPSA) is 78.9 Å². The van der Waals surface area contributed by atoms with Crippen molar-refractivity contribution in [2.75, 3.05) is 13.2 Å². The molecule has 0 saturated carbocycles. The van der Waals surface area contributed by atoms with E-state index in [2.05, 4.69) is 106 Å². The third-order valence-electron chi connectivity index (χ3n) is 13.1. The van der Waals surface area contributed by atoms with Crippen molar-refractivity contribution in [2.45, 2.75) is 303 Å². The lowest BCUT2D eigenvalue weighted by Crippen LogP contribution is -2.30. The third kappa shape index (κ3) is 57.5. The van der Waals surface area contributed by atoms with Gasteiger partial charge in [0.25, 0.3) is 0 Å². The minimum absolute atomic E-state index is 0.0847. The molecule has 0 aliphatic rings. The van der Waals surface area contributed by atoms with Gasteiger partial charge >= 0.3 is 17.9 Å². The van der Waals surface area contributed by atoms with Crippen molar-refractivity contribution in [1.29, 1.82) is 0 Å². The molecule has 0 N–H and O–H groups in total. The molecule has 0 aliphatic heterocycles. The van der Waals surface area contributed by atoms with Gasteiger partial charge in [-0.3, -0.25) is 14.4 Å². The molecule has 0 bridgehead atoms. The van der Waals surface area contributed by atoms with Gasteiger partial charge in [-0.05, 0) is 96.3 Å². The first-order valence-electron chi connectivity index (χ1n) is 30.6. The average molecular weight is 1000 g/mol. The number of esters is 3. The van der Waals surface area contributed by atoms with Gasteiger partial charge in [0.1, 0.15) is 13.2 Å². The average Bonchev–Trinajstić information content (AvgIpc) is 3.38. The van der Waals surface area contributed by atoms with Gasteiger partial charge in [-0.15, -0.1) is 0 Å². The summed E-state index contributed by atoms with van der Waals surface area (Å²) in [6, 6.07) is 0. The predicted molar refractivity (Wildman–Crippen MR) is 311 cm³/mol. The van der Waals surface area contributed by atoms with E-state index in [0.717, 1.165) is 116 Å². The summed E-state index contributed by atoms with van der Waals surface area (Å²) in [6.45, 7) is 6.52. The fourth-order valence-electron chi connectivity index (χ4n) is 8.56. The highest BCUT2D eigenvalue weighted by atomic mass is 16.6. The maximum absolute atomic E-state index is 12.9. The van der Waals surface area contributed by atoms with Crippen LogP contribution in [0.3, 0.4) is 0 Å². The molecule has 0 spiro atoms. The summed E-state index contributed by atoms with van der Waals surface area (Å²) in [5.74, 6) is -0.901. The summed E-state index contributed by atoms with van der Waals surface area (Å²) in [5.41, 5.74) is 0. The van der Waals surface area contributed by atoms with Gasteiger partial charge in [0, 0.05) is 19.3 Å². The molecule has 1 atom stereocenters. The van der Waals surface area contributed by atoms with Crippen LogP contribution in [0, 0.1) is 0 Å². The Labute approximate surface area is 445 Å². The zero-order chi connectivity index (χ0) is 52.2. The van der Waals surface area contributed by atoms with Crippen LogP contribution < -0.4 is 0 Å². The summed E-state index contributed by atoms with van der Waals surface area (Å²) in [6.07, 6.45) is 78.6. The molecule has 0 aromatic carbocycles. The van der Waals surface area contributed by atoms with Crippen molar-refractivity contribution in [1.82, 2.24) is 0 Å². The Morgan fingerprint density at radius 2 is 0.542 bits per heavy atom. The van der Waals surface area contributed by atoms with E-state index in [4.69, 9.17) is 14.2 Å². The molecule has 0 heterocycles. The molecule has 0 aliphatic carbocycles. The third-order valence-corrected chi connectivity index (χ3v) is 13.1. The standard InChI is InChI=1S/C66H114O6/c1-4-7-10-13-16-19-22-25-28-30-32-33-35-36-38-41-44-47-50-53-56-59-65(68)71-62-63(61-70-64(67)58-55-52-49-46-43-40-27-24-21-18-15-12-9-6-3)72-66(69)60-57-54-51-48-45-42-39-37-34-31-29-26-23-20-17-14-11-8-5-2/h8,11,17,20,22,25-26,29-30,32,34-37,63H,4-7,9-10,12-16,18-19,21,23-24,27-28,31,33,38-62H2,1-3H3/b11-8-,20-17-,25-22-,29-26-,32-30-,36-35-,37-34-. The molecule has 1 unspecified atom stereocenters. The summed E-state index contributed by atoms with van der Waals surface area (Å²) in [7, 11) is 0. The maximum Gasteiger partial charge on any atom is 0.306 e. The SMILES string of the molecule is CC/C=C\C/C=C\C/C=C\C/C=C\CCCCCCCCC(=O)OC(COC(=O)CCCCCCCC/C=C\C/C=C\C/C=C\CCCCCCC)COC(=O)CCCCCCCCCCCCCCCC. The smallest absolute Gasteiger partial charge is 0.306 e. The summed E-state index contributed by atoms with van der Waals surface area (Å²) < 4.78 is 16.9. The Morgan fingerprint density at radius 3 is 0.847 bits per heavy atom. The molecular formula is C66H114O6. The van der Waals surface area contributed by atoms with Crippen molar-refractivity contribution >= 4 is 17.9 Å². The predicted octanol–water partition coefficient (Wildman–Crippen LogP) is 20.7. The lowest BCUT2D eigenvalue weighted by molar-refractivity contribution is -0.167. The number of ether oxygens (including phenoxy) is 3. The lowest BCUT2D eigenvalue weighted by atomic mass is 10.0. The summed E-state index contributed by atoms with van der Waals surface area (Å²) in [5, 5.41) is 0. The van der Waals surface area contributed by atoms with Crippen LogP contribution in [0.1, 0.15) is 297 Å². The van der Waals surface area contributed by atoms with Crippen LogP contribution in [0.15, 0.2) is 85.1 Å². The van der Waals surface area contributed by atoms with Gasteiger partial charge < -0.3 is 14.2 Å². The molecule has 0 aromatic rings. The van der Waals surface area contributed by atoms with E-state index in [-0.39, 0.29) is 31.1 Å². The molecule has 414 valence electrons. The first-order valence-corrected chi connectivity index (χ1v) is 30.6. The zero-order valence-electron chi connectivity index (χ0n) is 47.4. The molecule has 72 heavy (non-hydrogen) atoms. The quantitative estimate of drug-likeness (QED) is 0.0261. The fourth-order valence-corrected chi connectivity index (χ4v) is 8.56. The monoisotopic (exact) mass is 1000 g/mol. The molecule has 0 fully saturated rings. The van der Waals surface area contributed by atoms with E-state index >= 15 is 0 Å². The highest BCUT2D eigenvalue weighted by Gasteiger charge is 2.19. The number of carbonyl (C=O) groups excluding carboxylic acids is 3. The second-order valence-corrected chi connectivity index (χ2v) is 20.2. The Hall–Kier alpha value is -3.41. The number of hydrogen-bond acceptors (Lipinski definition) is 6. The highest BCUT2D eigenvalue weighted by Crippen LogP contribution is 2.16. The van der Waals surface area contributed by atoms with E-state index < -0.39 is 6.10 Å². The van der Waals surface area contributed by atoms with Crippen molar-refractivity contribution < 1.29 is 28.6 Å². The normalized spacial score (nSPS) is 12.7. The molecule has 0 rings (SSSR count). The molecule has 0 radical (unpaired) electrons. The van der Waals surface area contributed by atoms with Gasteiger partial charge in [-0.1, -0.05) is 266 Å². The Balaban J connectivity index is 4.41. The molecule has 0 aromatic heterocycles. The van der Waals surface area contributed by atoms with Gasteiger partial charge in [0.2, 0.25) is 0 Å². The van der Waals surface area contributed by atoms with E-state index in [1.54, 1.807) is 0 Å². The zero-order valence-corrected chi connectivity index (χ0v) is 47.4. The molecule has 0 amide bonds. The van der Waals surface area contributed by atoms with Crippen LogP contribution in [0.5, 0.6) is 0 Å². The number of carbonyl (C=O) groups is 3. The van der Waals surface area contributed by atoms with Gasteiger partial charge in [0.15, 0.2) is 6.10 Å². The van der Waals surface area contributed by atoms with Crippen molar-refractivity contribution in [3.8, 4) is 0 Å². The van der Waals surface area contributed by atoms with Crippen LogP contribution in [-0.2, 0) is 28.6 Å². The van der Waals surface area contributed by atoms with Crippen LogP contribution in [0.25, 0.3) is 0 Å². The first-order chi connectivity index (χ1) is 35.5. The molecule has 6 heteroatoms. The number of rotatable bonds is 55. The Kier molecular flexibility index (Phi) is 57.3. The van der Waals surface area contributed by atoms with E-state index in [0.29, 0.717) is 19.3 Å². The number of allylic oxidation sites excluding steroid dienone is 14. The minimum Gasteiger partial charge on any atom is -0.462 e. The lowest BCUT2D eigenvalue weighted by Gasteiger charge is -2.18. The molecule has 0 saturated heterocycles. The molecular weight excluding hydrogens is 889 g/mol. The number of hydrogen-bond donors (Lipinski definition) is 0. The largest absolute Gasteiger partial charge is 0.462 e. The van der Waals surface area contributed by atoms with E-state index in [1.807, 2.05) is 0 Å². The fraction of sp³-hybridized carbons (Fsp3) is 0.742. The van der Waals surface area contributed by atoms with Crippen LogP contribution in [0.4, 0.5) is 0 Å². The van der Waals surface area contributed by atoms with Gasteiger partial charge in [-0.2, -0.15) is 0 Å². The molecule has 6 nitrogen and oxygen atoms in total. The summed E-state index contributed by atoms with van der Waals surface area (Å²) in [4.78, 5) is 38.3. The Bertz CT molecular complexity index is 1380. The number of unbranched alkanes of at least 4 members (excludes halogenated alkanes) is 30. The van der Waals surface area contributed by atoms with Crippen LogP contribution in [0.2, 0.25) is 0 Å².